The minimum atomic E-state index is -0.741. The van der Waals surface area contributed by atoms with Crippen LogP contribution in [0.25, 0.3) is 6.08 Å². The number of hydrogen-bond donors (Lipinski definition) is 1. The molecule has 0 atom stereocenters. The summed E-state index contributed by atoms with van der Waals surface area (Å²) < 4.78 is 22.3. The van der Waals surface area contributed by atoms with Crippen molar-refractivity contribution < 1.29 is 28.2 Å². The molecule has 0 saturated carbocycles. The van der Waals surface area contributed by atoms with Gasteiger partial charge in [0.15, 0.2) is 11.7 Å². The molecule has 0 aliphatic heterocycles. The van der Waals surface area contributed by atoms with Gasteiger partial charge in [-0.1, -0.05) is 12.1 Å². The van der Waals surface area contributed by atoms with Crippen molar-refractivity contribution in [2.24, 2.45) is 0 Å². The number of carbonyl (C=O) groups excluding carboxylic acids is 3. The Balaban J connectivity index is 1.77. The molecule has 9 heteroatoms. The summed E-state index contributed by atoms with van der Waals surface area (Å²) in [6, 6.07) is 5.67. The second kappa shape index (κ2) is 9.42. The topological polar surface area (TPSA) is 94.6 Å². The zero-order valence-electron chi connectivity index (χ0n) is 13.7. The van der Waals surface area contributed by atoms with Crippen LogP contribution in [0.1, 0.15) is 11.3 Å². The van der Waals surface area contributed by atoms with E-state index in [-0.39, 0.29) is 11.6 Å². The number of methoxy groups -OCH3 is 1. The van der Waals surface area contributed by atoms with Crippen LogP contribution in [0, 0.1) is 5.82 Å². The van der Waals surface area contributed by atoms with E-state index in [2.05, 4.69) is 15.0 Å². The average molecular weight is 378 g/mol. The van der Waals surface area contributed by atoms with Gasteiger partial charge in [0.1, 0.15) is 5.82 Å². The Morgan fingerprint density at radius 1 is 1.35 bits per heavy atom. The lowest BCUT2D eigenvalue weighted by Crippen LogP contribution is -2.20. The van der Waals surface area contributed by atoms with Gasteiger partial charge in [-0.3, -0.25) is 14.9 Å². The molecule has 0 bridgehead atoms. The van der Waals surface area contributed by atoms with Crippen molar-refractivity contribution in [1.29, 1.82) is 0 Å². The van der Waals surface area contributed by atoms with Crippen molar-refractivity contribution in [2.45, 2.75) is 6.42 Å². The standard InChI is InChI=1S/C17H15FN2O5S/c1-24-16(23)8-13-10-26-17(19-13)20-14(21)9-25-15(22)6-5-11-3-2-4-12(18)7-11/h2-7,10H,8-9H2,1H3,(H,19,20,21)/b6-5+. The van der Waals surface area contributed by atoms with E-state index in [4.69, 9.17) is 4.74 Å². The van der Waals surface area contributed by atoms with Crippen LogP contribution in [0.5, 0.6) is 0 Å². The van der Waals surface area contributed by atoms with Crippen molar-refractivity contribution in [3.8, 4) is 0 Å². The highest BCUT2D eigenvalue weighted by molar-refractivity contribution is 7.13. The van der Waals surface area contributed by atoms with Gasteiger partial charge < -0.3 is 9.47 Å². The first-order valence-corrected chi connectivity index (χ1v) is 8.25. The molecule has 0 fully saturated rings. The maximum Gasteiger partial charge on any atom is 0.331 e. The zero-order chi connectivity index (χ0) is 18.9. The van der Waals surface area contributed by atoms with E-state index < -0.39 is 30.3 Å². The molecular weight excluding hydrogens is 363 g/mol. The predicted octanol–water partition coefficient (Wildman–Crippen LogP) is 2.19. The van der Waals surface area contributed by atoms with Crippen LogP contribution in [0.15, 0.2) is 35.7 Å². The smallest absolute Gasteiger partial charge is 0.331 e. The first-order valence-electron chi connectivity index (χ1n) is 7.37. The van der Waals surface area contributed by atoms with Crippen molar-refractivity contribution in [3.05, 3.63) is 52.8 Å². The molecular formula is C17H15FN2O5S. The number of ether oxygens (including phenoxy) is 2. The van der Waals surface area contributed by atoms with E-state index in [1.54, 1.807) is 11.4 Å². The predicted molar refractivity (Wildman–Crippen MR) is 92.9 cm³/mol. The maximum atomic E-state index is 13.0. The van der Waals surface area contributed by atoms with E-state index >= 15 is 0 Å². The van der Waals surface area contributed by atoms with Crippen LogP contribution in [0.4, 0.5) is 9.52 Å². The van der Waals surface area contributed by atoms with E-state index in [9.17, 15) is 18.8 Å². The molecule has 0 aliphatic carbocycles. The summed E-state index contributed by atoms with van der Waals surface area (Å²) in [6.45, 7) is -0.502. The van der Waals surface area contributed by atoms with Crippen molar-refractivity contribution in [3.63, 3.8) is 0 Å². The Morgan fingerprint density at radius 2 is 2.15 bits per heavy atom. The minimum absolute atomic E-state index is 0.00271. The molecule has 1 amide bonds. The summed E-state index contributed by atoms with van der Waals surface area (Å²) in [6.07, 6.45) is 2.48. The van der Waals surface area contributed by atoms with Crippen molar-refractivity contribution >= 4 is 40.4 Å². The average Bonchev–Trinajstić information content (AvgIpc) is 3.04. The van der Waals surface area contributed by atoms with Gasteiger partial charge in [0, 0.05) is 11.5 Å². The van der Waals surface area contributed by atoms with Gasteiger partial charge in [-0.05, 0) is 23.8 Å². The molecule has 0 saturated heterocycles. The molecule has 1 heterocycles. The third-order valence-corrected chi connectivity index (χ3v) is 3.76. The fourth-order valence-electron chi connectivity index (χ4n) is 1.78. The SMILES string of the molecule is COC(=O)Cc1csc(NC(=O)COC(=O)/C=C/c2cccc(F)c2)n1. The van der Waals surface area contributed by atoms with Crippen LogP contribution in [-0.4, -0.2) is 36.5 Å². The van der Waals surface area contributed by atoms with Gasteiger partial charge >= 0.3 is 11.9 Å². The fraction of sp³-hybridized carbons (Fsp3) is 0.176. The molecule has 0 spiro atoms. The number of nitrogens with zero attached hydrogens (tertiary/aromatic N) is 1. The Kier molecular flexibility index (Phi) is 6.98. The van der Waals surface area contributed by atoms with Crippen LogP contribution in [0.2, 0.25) is 0 Å². The quantitative estimate of drug-likeness (QED) is 0.586. The van der Waals surface area contributed by atoms with Gasteiger partial charge in [-0.25, -0.2) is 14.2 Å². The lowest BCUT2D eigenvalue weighted by atomic mass is 10.2. The molecule has 2 rings (SSSR count). The van der Waals surface area contributed by atoms with Gasteiger partial charge in [-0.2, -0.15) is 0 Å². The second-order valence-electron chi connectivity index (χ2n) is 4.94. The Labute approximate surface area is 152 Å². The normalized spacial score (nSPS) is 10.5. The molecule has 136 valence electrons. The number of benzene rings is 1. The van der Waals surface area contributed by atoms with Gasteiger partial charge in [0.05, 0.1) is 19.2 Å². The molecule has 1 aromatic carbocycles. The molecule has 1 aromatic heterocycles. The highest BCUT2D eigenvalue weighted by Crippen LogP contribution is 2.16. The molecule has 1 N–H and O–H groups in total. The summed E-state index contributed by atoms with van der Waals surface area (Å²) in [5.41, 5.74) is 0.958. The fourth-order valence-corrected chi connectivity index (χ4v) is 2.51. The summed E-state index contributed by atoms with van der Waals surface area (Å²) in [4.78, 5) is 38.5. The number of anilines is 1. The molecule has 2 aromatic rings. The number of aromatic nitrogens is 1. The van der Waals surface area contributed by atoms with Gasteiger partial charge in [0.2, 0.25) is 0 Å². The number of amides is 1. The third-order valence-electron chi connectivity index (χ3n) is 2.96. The van der Waals surface area contributed by atoms with Crippen LogP contribution < -0.4 is 5.32 Å². The maximum absolute atomic E-state index is 13.0. The number of carbonyl (C=O) groups is 3. The Hall–Kier alpha value is -3.07. The van der Waals surface area contributed by atoms with Crippen LogP contribution >= 0.6 is 11.3 Å². The van der Waals surface area contributed by atoms with Gasteiger partial charge in [0.25, 0.3) is 5.91 Å². The molecule has 7 nitrogen and oxygen atoms in total. The number of esters is 2. The van der Waals surface area contributed by atoms with Gasteiger partial charge in [-0.15, -0.1) is 11.3 Å². The number of thiazole rings is 1. The molecule has 0 unspecified atom stereocenters. The third kappa shape index (κ3) is 6.44. The molecule has 0 aliphatic rings. The Morgan fingerprint density at radius 3 is 2.88 bits per heavy atom. The second-order valence-corrected chi connectivity index (χ2v) is 5.80. The minimum Gasteiger partial charge on any atom is -0.469 e. The number of rotatable bonds is 7. The number of nitrogens with one attached hydrogen (secondary N) is 1. The number of hydrogen-bond acceptors (Lipinski definition) is 7. The van der Waals surface area contributed by atoms with E-state index in [1.165, 1.54) is 31.4 Å². The zero-order valence-corrected chi connectivity index (χ0v) is 14.5. The first-order chi connectivity index (χ1) is 12.5. The van der Waals surface area contributed by atoms with Crippen LogP contribution in [-0.2, 0) is 30.3 Å². The molecule has 0 radical (unpaired) electrons. The van der Waals surface area contributed by atoms with Crippen LogP contribution in [0.3, 0.4) is 0 Å². The summed E-state index contributed by atoms with van der Waals surface area (Å²) in [5, 5.41) is 4.35. The monoisotopic (exact) mass is 378 g/mol. The highest BCUT2D eigenvalue weighted by Gasteiger charge is 2.11. The van der Waals surface area contributed by atoms with E-state index in [0.29, 0.717) is 11.3 Å². The largest absolute Gasteiger partial charge is 0.469 e. The van der Waals surface area contributed by atoms with Crippen molar-refractivity contribution in [2.75, 3.05) is 19.0 Å². The lowest BCUT2D eigenvalue weighted by Gasteiger charge is -2.02. The summed E-state index contributed by atoms with van der Waals surface area (Å²) in [7, 11) is 1.27. The van der Waals surface area contributed by atoms with E-state index in [1.807, 2.05) is 0 Å². The Bertz CT molecular complexity index is 834. The lowest BCUT2D eigenvalue weighted by molar-refractivity contribution is -0.142. The van der Waals surface area contributed by atoms with E-state index in [0.717, 1.165) is 17.4 Å². The van der Waals surface area contributed by atoms with Crippen molar-refractivity contribution in [1.82, 2.24) is 4.98 Å². The highest BCUT2D eigenvalue weighted by atomic mass is 32.1. The summed E-state index contributed by atoms with van der Waals surface area (Å²) in [5.74, 6) is -2.17. The molecule has 26 heavy (non-hydrogen) atoms. The first kappa shape index (κ1) is 19.3. The number of halogens is 1. The summed E-state index contributed by atoms with van der Waals surface area (Å²) >= 11 is 1.13.